The van der Waals surface area contributed by atoms with Gasteiger partial charge in [-0.05, 0) is 49.1 Å². The monoisotopic (exact) mass is 227 g/mol. The number of nitrogens with two attached hydrogens (primary N) is 1. The Balaban J connectivity index is 2.13. The Morgan fingerprint density at radius 3 is 2.88 bits per heavy atom. The standard InChI is InChI=1S/C14H17N3/c1-10-7-12(9-15)14(16)8-11(10)4-5-13-3-2-6-17-13/h2-3,7-9,15H,4-6,16H2,1H3. The Morgan fingerprint density at radius 2 is 2.24 bits per heavy atom. The van der Waals surface area contributed by atoms with E-state index < -0.39 is 0 Å². The Hall–Kier alpha value is -1.90. The summed E-state index contributed by atoms with van der Waals surface area (Å²) >= 11 is 0. The van der Waals surface area contributed by atoms with Gasteiger partial charge in [0.05, 0.1) is 6.54 Å². The Kier molecular flexibility index (Phi) is 3.38. The first-order chi connectivity index (χ1) is 8.20. The fourth-order valence-corrected chi connectivity index (χ4v) is 2.03. The largest absolute Gasteiger partial charge is 0.398 e. The van der Waals surface area contributed by atoms with Gasteiger partial charge in [0.1, 0.15) is 0 Å². The summed E-state index contributed by atoms with van der Waals surface area (Å²) in [5.41, 5.74) is 11.0. The molecule has 1 heterocycles. The van der Waals surface area contributed by atoms with Gasteiger partial charge in [-0.2, -0.15) is 0 Å². The summed E-state index contributed by atoms with van der Waals surface area (Å²) < 4.78 is 0. The van der Waals surface area contributed by atoms with Crippen molar-refractivity contribution >= 4 is 17.6 Å². The van der Waals surface area contributed by atoms with E-state index >= 15 is 0 Å². The number of benzene rings is 1. The van der Waals surface area contributed by atoms with Gasteiger partial charge in [-0.15, -0.1) is 0 Å². The van der Waals surface area contributed by atoms with Crippen LogP contribution in [0.5, 0.6) is 0 Å². The predicted molar refractivity (Wildman–Crippen MR) is 73.2 cm³/mol. The minimum Gasteiger partial charge on any atom is -0.398 e. The lowest BCUT2D eigenvalue weighted by Crippen LogP contribution is -2.01. The van der Waals surface area contributed by atoms with Crippen LogP contribution in [0, 0.1) is 12.3 Å². The molecule has 88 valence electrons. The molecule has 0 saturated carbocycles. The molecule has 0 radical (unpaired) electrons. The summed E-state index contributed by atoms with van der Waals surface area (Å²) in [4.78, 5) is 4.37. The van der Waals surface area contributed by atoms with Crippen LogP contribution in [0.15, 0.2) is 29.3 Å². The van der Waals surface area contributed by atoms with E-state index in [4.69, 9.17) is 11.1 Å². The smallest absolute Gasteiger partial charge is 0.0577 e. The molecule has 0 aromatic heterocycles. The van der Waals surface area contributed by atoms with Crippen molar-refractivity contribution in [3.63, 3.8) is 0 Å². The molecule has 3 heteroatoms. The van der Waals surface area contributed by atoms with Crippen molar-refractivity contribution in [2.45, 2.75) is 19.8 Å². The molecule has 1 aliphatic heterocycles. The molecular formula is C14H17N3. The second-order valence-corrected chi connectivity index (χ2v) is 4.29. The number of nitrogen functional groups attached to an aromatic ring is 1. The number of rotatable bonds is 4. The van der Waals surface area contributed by atoms with Crippen molar-refractivity contribution < 1.29 is 0 Å². The van der Waals surface area contributed by atoms with Crippen LogP contribution in [0.2, 0.25) is 0 Å². The molecule has 1 aromatic rings. The maximum atomic E-state index is 7.26. The first-order valence-electron chi connectivity index (χ1n) is 5.80. The molecule has 0 spiro atoms. The fourth-order valence-electron chi connectivity index (χ4n) is 2.03. The maximum Gasteiger partial charge on any atom is 0.0577 e. The molecule has 0 saturated heterocycles. The molecule has 3 nitrogen and oxygen atoms in total. The molecule has 0 fully saturated rings. The fraction of sp³-hybridized carbons (Fsp3) is 0.286. The zero-order chi connectivity index (χ0) is 12.3. The lowest BCUT2D eigenvalue weighted by atomic mass is 9.99. The minimum atomic E-state index is 0.685. The molecule has 0 atom stereocenters. The average molecular weight is 227 g/mol. The summed E-state index contributed by atoms with van der Waals surface area (Å²) in [6.45, 7) is 2.89. The van der Waals surface area contributed by atoms with Crippen LogP contribution in [0.1, 0.15) is 23.1 Å². The lowest BCUT2D eigenvalue weighted by molar-refractivity contribution is 1.02. The van der Waals surface area contributed by atoms with E-state index in [1.807, 2.05) is 12.1 Å². The summed E-state index contributed by atoms with van der Waals surface area (Å²) in [6, 6.07) is 3.96. The average Bonchev–Trinajstić information content (AvgIpc) is 2.82. The van der Waals surface area contributed by atoms with E-state index in [-0.39, 0.29) is 0 Å². The van der Waals surface area contributed by atoms with Gasteiger partial charge in [0, 0.05) is 23.2 Å². The Bertz CT molecular complexity index is 498. The second-order valence-electron chi connectivity index (χ2n) is 4.29. The normalized spacial score (nSPS) is 13.8. The third-order valence-electron chi connectivity index (χ3n) is 3.06. The molecule has 17 heavy (non-hydrogen) atoms. The zero-order valence-corrected chi connectivity index (χ0v) is 10.0. The molecule has 3 N–H and O–H groups in total. The number of nitrogens with zero attached hydrogens (tertiary/aromatic N) is 1. The molecule has 0 amide bonds. The quantitative estimate of drug-likeness (QED) is 0.602. The molecule has 0 bridgehead atoms. The highest BCUT2D eigenvalue weighted by atomic mass is 14.7. The molecule has 1 aliphatic rings. The number of nitrogens with one attached hydrogen (secondary N) is 1. The first kappa shape index (κ1) is 11.6. The van der Waals surface area contributed by atoms with Crippen molar-refractivity contribution in [3.05, 3.63) is 41.0 Å². The van der Waals surface area contributed by atoms with E-state index in [0.717, 1.165) is 24.9 Å². The Labute approximate surface area is 102 Å². The number of aliphatic imine (C=N–C) groups is 1. The van der Waals surface area contributed by atoms with Crippen LogP contribution < -0.4 is 5.73 Å². The third kappa shape index (κ3) is 2.61. The van der Waals surface area contributed by atoms with Crippen molar-refractivity contribution in [3.8, 4) is 0 Å². The van der Waals surface area contributed by atoms with Crippen molar-refractivity contribution in [1.29, 1.82) is 5.41 Å². The summed E-state index contributed by atoms with van der Waals surface area (Å²) in [6.07, 6.45) is 7.38. The van der Waals surface area contributed by atoms with Gasteiger partial charge in [0.15, 0.2) is 0 Å². The number of hydrogen-bond donors (Lipinski definition) is 2. The Morgan fingerprint density at radius 1 is 1.41 bits per heavy atom. The molecular weight excluding hydrogens is 210 g/mol. The van der Waals surface area contributed by atoms with E-state index in [2.05, 4.69) is 24.1 Å². The van der Waals surface area contributed by atoms with Crippen LogP contribution in [0.3, 0.4) is 0 Å². The van der Waals surface area contributed by atoms with Crippen LogP contribution in [0.25, 0.3) is 0 Å². The highest BCUT2D eigenvalue weighted by molar-refractivity contribution is 5.96. The van der Waals surface area contributed by atoms with Gasteiger partial charge in [-0.3, -0.25) is 4.99 Å². The number of aryl methyl sites for hydroxylation is 2. The van der Waals surface area contributed by atoms with Gasteiger partial charge in [0.2, 0.25) is 0 Å². The number of anilines is 1. The lowest BCUT2D eigenvalue weighted by Gasteiger charge is -2.09. The van der Waals surface area contributed by atoms with Gasteiger partial charge in [-0.1, -0.05) is 6.08 Å². The van der Waals surface area contributed by atoms with Crippen molar-refractivity contribution in [2.24, 2.45) is 4.99 Å². The summed E-state index contributed by atoms with van der Waals surface area (Å²) in [5.74, 6) is 0. The van der Waals surface area contributed by atoms with Crippen LogP contribution in [-0.2, 0) is 6.42 Å². The topological polar surface area (TPSA) is 62.2 Å². The summed E-state index contributed by atoms with van der Waals surface area (Å²) in [5, 5.41) is 7.26. The highest BCUT2D eigenvalue weighted by Crippen LogP contribution is 2.19. The second kappa shape index (κ2) is 4.95. The summed E-state index contributed by atoms with van der Waals surface area (Å²) in [7, 11) is 0. The zero-order valence-electron chi connectivity index (χ0n) is 10.0. The van der Waals surface area contributed by atoms with E-state index in [9.17, 15) is 0 Å². The SMILES string of the molecule is Cc1cc(C=N)c(N)cc1CCC1=NCC=C1. The van der Waals surface area contributed by atoms with E-state index in [0.29, 0.717) is 5.69 Å². The van der Waals surface area contributed by atoms with Crippen LogP contribution in [-0.4, -0.2) is 18.5 Å². The third-order valence-corrected chi connectivity index (χ3v) is 3.06. The molecule has 0 aliphatic carbocycles. The predicted octanol–water partition coefficient (Wildman–Crippen LogP) is 2.52. The van der Waals surface area contributed by atoms with Crippen molar-refractivity contribution in [1.82, 2.24) is 0 Å². The van der Waals surface area contributed by atoms with Crippen molar-refractivity contribution in [2.75, 3.05) is 12.3 Å². The van der Waals surface area contributed by atoms with Gasteiger partial charge in [-0.25, -0.2) is 0 Å². The molecule has 0 unspecified atom stereocenters. The van der Waals surface area contributed by atoms with Gasteiger partial charge >= 0.3 is 0 Å². The van der Waals surface area contributed by atoms with E-state index in [1.54, 1.807) is 0 Å². The van der Waals surface area contributed by atoms with Crippen LogP contribution in [0.4, 0.5) is 5.69 Å². The van der Waals surface area contributed by atoms with Gasteiger partial charge < -0.3 is 11.1 Å². The van der Waals surface area contributed by atoms with Crippen LogP contribution >= 0.6 is 0 Å². The molecule has 2 rings (SSSR count). The maximum absolute atomic E-state index is 7.26. The van der Waals surface area contributed by atoms with Gasteiger partial charge in [0.25, 0.3) is 0 Å². The van der Waals surface area contributed by atoms with E-state index in [1.165, 1.54) is 23.1 Å². The number of allylic oxidation sites excluding steroid dienone is 1. The minimum absolute atomic E-state index is 0.685. The number of hydrogen-bond acceptors (Lipinski definition) is 3. The highest BCUT2D eigenvalue weighted by Gasteiger charge is 2.06. The molecule has 1 aromatic carbocycles. The first-order valence-corrected chi connectivity index (χ1v) is 5.80.